The largest absolute Gasteiger partial charge is 1.00 e. The lowest BCUT2D eigenvalue weighted by molar-refractivity contribution is -0.683. The Kier molecular flexibility index (Phi) is 17.4. The van der Waals surface area contributed by atoms with E-state index < -0.39 is 0 Å². The van der Waals surface area contributed by atoms with Gasteiger partial charge in [-0.1, -0.05) is 107 Å². The van der Waals surface area contributed by atoms with E-state index in [1.54, 1.807) is 25.4 Å². The molecule has 0 fully saturated rings. The van der Waals surface area contributed by atoms with E-state index in [1.165, 1.54) is 70.6 Å². The predicted molar refractivity (Wildman–Crippen MR) is 166 cm³/mol. The van der Waals surface area contributed by atoms with Crippen LogP contribution in [0.3, 0.4) is 0 Å². The quantitative estimate of drug-likeness (QED) is 0.117. The maximum Gasteiger partial charge on any atom is 0.224 e. The molecule has 1 heterocycles. The first kappa shape index (κ1) is 34.8. The number of rotatable bonds is 20. The van der Waals surface area contributed by atoms with Crippen molar-refractivity contribution < 1.29 is 35.8 Å². The van der Waals surface area contributed by atoms with E-state index in [0.29, 0.717) is 18.9 Å². The van der Waals surface area contributed by atoms with Crippen LogP contribution in [0.25, 0.3) is 0 Å². The molecule has 1 amide bonds. The third-order valence-electron chi connectivity index (χ3n) is 7.32. The summed E-state index contributed by atoms with van der Waals surface area (Å²) < 4.78 is 13.9. The van der Waals surface area contributed by atoms with E-state index in [2.05, 4.69) is 40.7 Å². The van der Waals surface area contributed by atoms with Crippen LogP contribution in [0, 0.1) is 0 Å². The van der Waals surface area contributed by atoms with Crippen molar-refractivity contribution in [2.75, 3.05) is 18.6 Å². The summed E-state index contributed by atoms with van der Waals surface area (Å²) in [4.78, 5) is 14.4. The van der Waals surface area contributed by atoms with Crippen molar-refractivity contribution >= 4 is 22.9 Å². The van der Waals surface area contributed by atoms with Gasteiger partial charge in [-0.15, -0.1) is 0 Å². The van der Waals surface area contributed by atoms with Crippen molar-refractivity contribution in [3.05, 3.63) is 70.7 Å². The van der Waals surface area contributed by atoms with Gasteiger partial charge in [0.15, 0.2) is 24.2 Å². The number of amides is 1. The van der Waals surface area contributed by atoms with Gasteiger partial charge >= 0.3 is 0 Å². The maximum absolute atomic E-state index is 12.6. The summed E-state index contributed by atoms with van der Waals surface area (Å²) in [5.74, 6) is 1.48. The van der Waals surface area contributed by atoms with Crippen LogP contribution < -0.4 is 35.9 Å². The van der Waals surface area contributed by atoms with Gasteiger partial charge in [0.2, 0.25) is 11.4 Å². The first-order valence-corrected chi connectivity index (χ1v) is 16.1. The number of hydrogen-bond donors (Lipinski definition) is 0. The highest BCUT2D eigenvalue weighted by Crippen LogP contribution is 2.30. The second-order valence-corrected chi connectivity index (χ2v) is 11.5. The van der Waals surface area contributed by atoms with Crippen molar-refractivity contribution in [3.8, 4) is 11.5 Å². The van der Waals surface area contributed by atoms with E-state index in [9.17, 15) is 4.79 Å². The predicted octanol–water partition coefficient (Wildman–Crippen LogP) is 5.73. The summed E-state index contributed by atoms with van der Waals surface area (Å²) in [6, 6.07) is 14.2. The van der Waals surface area contributed by atoms with E-state index in [0.717, 1.165) is 35.5 Å². The standard InChI is InChI=1S/C34H49N2O3S.BrH/c1-4-5-6-7-8-9-10-11-12-13-14-15-22-39-33-20-19-31(25-34(33)38-3)27-36(29(2)37)32-18-16-17-30(24-32)26-35-21-23-40-28-35;/h16-21,23-25,28H,4-15,22,26-27H2,1-3H3;1H/q+1;/p-1. The molecule has 0 saturated heterocycles. The maximum atomic E-state index is 12.6. The third-order valence-corrected chi connectivity index (χ3v) is 7.99. The number of carbonyl (C=O) groups excluding carboxylic acids is 1. The number of ether oxygens (including phenoxy) is 2. The van der Waals surface area contributed by atoms with Gasteiger partial charge in [-0.3, -0.25) is 4.79 Å². The monoisotopic (exact) mass is 644 g/mol. The average Bonchev–Trinajstić information content (AvgIpc) is 3.47. The summed E-state index contributed by atoms with van der Waals surface area (Å²) in [5, 5.41) is 2.06. The second kappa shape index (κ2) is 20.5. The van der Waals surface area contributed by atoms with Gasteiger partial charge in [-0.05, 0) is 36.2 Å². The van der Waals surface area contributed by atoms with Gasteiger partial charge < -0.3 is 31.4 Å². The van der Waals surface area contributed by atoms with Crippen LogP contribution in [0.5, 0.6) is 11.5 Å². The van der Waals surface area contributed by atoms with E-state index in [4.69, 9.17) is 9.47 Å². The van der Waals surface area contributed by atoms with Crippen LogP contribution in [-0.2, 0) is 17.9 Å². The van der Waals surface area contributed by atoms with Crippen LogP contribution in [0.2, 0.25) is 0 Å². The van der Waals surface area contributed by atoms with Crippen LogP contribution in [-0.4, -0.2) is 19.6 Å². The molecule has 0 aliphatic heterocycles. The molecule has 0 aliphatic carbocycles. The van der Waals surface area contributed by atoms with E-state index in [1.807, 2.05) is 35.2 Å². The van der Waals surface area contributed by atoms with Gasteiger partial charge in [0.05, 0.1) is 25.6 Å². The molecule has 7 heteroatoms. The Morgan fingerprint density at radius 3 is 2.15 bits per heavy atom. The molecular weight excluding hydrogens is 596 g/mol. The molecule has 3 aromatic rings. The van der Waals surface area contributed by atoms with Crippen LogP contribution in [0.4, 0.5) is 5.69 Å². The van der Waals surface area contributed by atoms with Crippen molar-refractivity contribution in [1.82, 2.24) is 0 Å². The molecule has 0 aliphatic rings. The van der Waals surface area contributed by atoms with Crippen molar-refractivity contribution in [2.45, 2.75) is 104 Å². The fourth-order valence-electron chi connectivity index (χ4n) is 5.01. The topological polar surface area (TPSA) is 42.7 Å². The molecule has 226 valence electrons. The van der Waals surface area contributed by atoms with E-state index >= 15 is 0 Å². The molecule has 2 aromatic carbocycles. The van der Waals surface area contributed by atoms with Crippen molar-refractivity contribution in [3.63, 3.8) is 0 Å². The molecule has 0 N–H and O–H groups in total. The highest BCUT2D eigenvalue weighted by atomic mass is 79.9. The Hall–Kier alpha value is -2.38. The number of nitrogens with zero attached hydrogens (tertiary/aromatic N) is 2. The highest BCUT2D eigenvalue weighted by Gasteiger charge is 2.15. The van der Waals surface area contributed by atoms with Gasteiger partial charge in [0.25, 0.3) is 0 Å². The van der Waals surface area contributed by atoms with Crippen LogP contribution in [0.1, 0.15) is 102 Å². The Labute approximate surface area is 262 Å². The highest BCUT2D eigenvalue weighted by molar-refractivity contribution is 7.07. The Morgan fingerprint density at radius 2 is 1.54 bits per heavy atom. The minimum Gasteiger partial charge on any atom is -1.00 e. The Morgan fingerprint density at radius 1 is 0.854 bits per heavy atom. The van der Waals surface area contributed by atoms with Gasteiger partial charge in [0, 0.05) is 18.2 Å². The average molecular weight is 646 g/mol. The van der Waals surface area contributed by atoms with Crippen LogP contribution in [0.15, 0.2) is 59.6 Å². The number of anilines is 1. The lowest BCUT2D eigenvalue weighted by Gasteiger charge is -2.22. The number of methoxy groups -OCH3 is 1. The third kappa shape index (κ3) is 13.0. The zero-order valence-corrected chi connectivity index (χ0v) is 27.7. The fraction of sp³-hybridized carbons (Fsp3) is 0.529. The Bertz CT molecular complexity index is 1120. The van der Waals surface area contributed by atoms with Crippen molar-refractivity contribution in [2.24, 2.45) is 0 Å². The fourth-order valence-corrected chi connectivity index (χ4v) is 5.61. The molecule has 3 rings (SSSR count). The molecule has 0 spiro atoms. The summed E-state index contributed by atoms with van der Waals surface area (Å²) in [6.07, 6.45) is 18.0. The molecule has 0 atom stereocenters. The second-order valence-electron chi connectivity index (χ2n) is 10.7. The van der Waals surface area contributed by atoms with Gasteiger partial charge in [-0.25, -0.2) is 0 Å². The summed E-state index contributed by atoms with van der Waals surface area (Å²) in [6.45, 7) is 5.84. The molecule has 0 unspecified atom stereocenters. The summed E-state index contributed by atoms with van der Waals surface area (Å²) in [7, 11) is 1.67. The number of benzene rings is 2. The lowest BCUT2D eigenvalue weighted by atomic mass is 10.1. The first-order chi connectivity index (χ1) is 19.6. The normalized spacial score (nSPS) is 10.7. The number of halogens is 1. The molecular formula is C34H49BrN2O3S. The molecule has 0 bridgehead atoms. The molecule has 0 saturated carbocycles. The number of unbranched alkanes of at least 4 members (excludes halogenated alkanes) is 11. The van der Waals surface area contributed by atoms with Crippen molar-refractivity contribution in [1.29, 1.82) is 0 Å². The number of hydrogen-bond acceptors (Lipinski definition) is 4. The SMILES string of the molecule is CCCCCCCCCCCCCCOc1ccc(CN(C(C)=O)c2cccc(C[n+]3ccsc3)c2)cc1OC.[Br-]. The number of aromatic nitrogens is 1. The summed E-state index contributed by atoms with van der Waals surface area (Å²) >= 11 is 1.67. The van der Waals surface area contributed by atoms with Gasteiger partial charge in [0.1, 0.15) is 0 Å². The molecule has 1 aromatic heterocycles. The lowest BCUT2D eigenvalue weighted by Crippen LogP contribution is -3.00. The zero-order valence-electron chi connectivity index (χ0n) is 25.3. The minimum absolute atomic E-state index is 0. The number of carbonyl (C=O) groups is 1. The number of thiazole rings is 1. The molecule has 0 radical (unpaired) electrons. The summed E-state index contributed by atoms with van der Waals surface area (Å²) in [5.41, 5.74) is 5.14. The molecule has 5 nitrogen and oxygen atoms in total. The van der Waals surface area contributed by atoms with Crippen LogP contribution >= 0.6 is 11.3 Å². The Balaban J connectivity index is 0.00000588. The van der Waals surface area contributed by atoms with E-state index in [-0.39, 0.29) is 22.9 Å². The van der Waals surface area contributed by atoms with Gasteiger partial charge in [-0.2, -0.15) is 4.57 Å². The smallest absolute Gasteiger partial charge is 0.224 e. The zero-order chi connectivity index (χ0) is 28.4. The first-order valence-electron chi connectivity index (χ1n) is 15.2. The minimum atomic E-state index is 0. The molecule has 41 heavy (non-hydrogen) atoms.